The molecule has 108 valence electrons. The number of aromatic nitrogens is 1. The molecular weight excluding hydrogens is 288 g/mol. The Bertz CT molecular complexity index is 521. The molecule has 6 nitrogen and oxygen atoms in total. The van der Waals surface area contributed by atoms with Crippen molar-refractivity contribution < 1.29 is 8.42 Å². The number of hydrogen-bond acceptors (Lipinski definition) is 5. The Morgan fingerprint density at radius 1 is 1.47 bits per heavy atom. The first kappa shape index (κ1) is 16.2. The van der Waals surface area contributed by atoms with Crippen LogP contribution in [0.3, 0.4) is 0 Å². The molecule has 0 amide bonds. The Hall–Kier alpha value is -0.890. The Balaban J connectivity index is 2.75. The summed E-state index contributed by atoms with van der Waals surface area (Å²) in [6.45, 7) is 3.87. The second-order valence-corrected chi connectivity index (χ2v) is 6.22. The molecule has 0 atom stereocenters. The topological polar surface area (TPSA) is 74.3 Å². The Morgan fingerprint density at radius 3 is 2.68 bits per heavy atom. The van der Waals surface area contributed by atoms with E-state index in [0.717, 1.165) is 6.54 Å². The molecule has 0 unspecified atom stereocenters. The first-order valence-corrected chi connectivity index (χ1v) is 7.78. The van der Waals surface area contributed by atoms with Gasteiger partial charge in [0.2, 0.25) is 10.0 Å². The second kappa shape index (κ2) is 7.04. The van der Waals surface area contributed by atoms with E-state index >= 15 is 0 Å². The van der Waals surface area contributed by atoms with E-state index in [4.69, 9.17) is 11.6 Å². The van der Waals surface area contributed by atoms with Crippen LogP contribution < -0.4 is 10.0 Å². The van der Waals surface area contributed by atoms with Gasteiger partial charge in [-0.15, -0.1) is 0 Å². The van der Waals surface area contributed by atoms with Crippen LogP contribution in [0.1, 0.15) is 6.92 Å². The van der Waals surface area contributed by atoms with Crippen LogP contribution in [0.5, 0.6) is 0 Å². The molecule has 0 bridgehead atoms. The van der Waals surface area contributed by atoms with Gasteiger partial charge >= 0.3 is 0 Å². The van der Waals surface area contributed by atoms with Crippen molar-refractivity contribution in [3.63, 3.8) is 0 Å². The number of anilines is 1. The molecule has 0 spiro atoms. The monoisotopic (exact) mass is 306 g/mol. The Kier molecular flexibility index (Phi) is 5.99. The quantitative estimate of drug-likeness (QED) is 0.786. The highest BCUT2D eigenvalue weighted by Gasteiger charge is 2.16. The van der Waals surface area contributed by atoms with Crippen molar-refractivity contribution in [2.75, 3.05) is 39.0 Å². The zero-order chi connectivity index (χ0) is 14.5. The van der Waals surface area contributed by atoms with Crippen molar-refractivity contribution in [2.45, 2.75) is 11.8 Å². The van der Waals surface area contributed by atoms with Crippen LogP contribution in [0, 0.1) is 0 Å². The Morgan fingerprint density at radius 2 is 2.16 bits per heavy atom. The summed E-state index contributed by atoms with van der Waals surface area (Å²) < 4.78 is 26.5. The van der Waals surface area contributed by atoms with Crippen LogP contribution in [-0.4, -0.2) is 52.0 Å². The van der Waals surface area contributed by atoms with Crippen LogP contribution >= 0.6 is 11.6 Å². The number of sulfonamides is 1. The van der Waals surface area contributed by atoms with Crippen LogP contribution in [0.25, 0.3) is 0 Å². The smallest absolute Gasteiger partial charge is 0.242 e. The van der Waals surface area contributed by atoms with Gasteiger partial charge in [0.05, 0.1) is 5.02 Å². The fourth-order valence-electron chi connectivity index (χ4n) is 1.36. The third-order valence-electron chi connectivity index (χ3n) is 2.69. The molecule has 0 saturated carbocycles. The average molecular weight is 307 g/mol. The number of rotatable bonds is 7. The van der Waals surface area contributed by atoms with Crippen molar-refractivity contribution in [1.82, 2.24) is 14.6 Å². The number of nitrogens with zero attached hydrogens (tertiary/aromatic N) is 2. The van der Waals surface area contributed by atoms with Gasteiger partial charge in [0.15, 0.2) is 0 Å². The third kappa shape index (κ3) is 4.61. The number of pyridine rings is 1. The predicted molar refractivity (Wildman–Crippen MR) is 77.2 cm³/mol. The van der Waals surface area contributed by atoms with Crippen LogP contribution in [0.2, 0.25) is 5.02 Å². The predicted octanol–water partition coefficient (Wildman–Crippen LogP) is 1.01. The largest absolute Gasteiger partial charge is 0.372 e. The van der Waals surface area contributed by atoms with E-state index < -0.39 is 10.0 Å². The maximum atomic E-state index is 12.0. The minimum absolute atomic E-state index is 0.0654. The van der Waals surface area contributed by atoms with E-state index in [1.54, 1.807) is 7.05 Å². The molecule has 0 saturated heterocycles. The van der Waals surface area contributed by atoms with Crippen LogP contribution in [0.4, 0.5) is 5.82 Å². The van der Waals surface area contributed by atoms with E-state index in [0.29, 0.717) is 18.9 Å². The highest BCUT2D eigenvalue weighted by Crippen LogP contribution is 2.21. The summed E-state index contributed by atoms with van der Waals surface area (Å²) in [4.78, 5) is 6.03. The Labute approximate surface area is 119 Å². The zero-order valence-electron chi connectivity index (χ0n) is 11.3. The molecule has 1 rings (SSSR count). The van der Waals surface area contributed by atoms with Gasteiger partial charge in [0, 0.05) is 26.3 Å². The van der Waals surface area contributed by atoms with E-state index in [1.807, 2.05) is 18.9 Å². The van der Waals surface area contributed by atoms with Crippen molar-refractivity contribution in [1.29, 1.82) is 0 Å². The molecule has 0 aliphatic carbocycles. The van der Waals surface area contributed by atoms with Crippen molar-refractivity contribution >= 4 is 27.4 Å². The number of likely N-dealkylation sites (N-methyl/N-ethyl adjacent to an activating group) is 1. The molecule has 0 aliphatic heterocycles. The molecule has 2 N–H and O–H groups in total. The summed E-state index contributed by atoms with van der Waals surface area (Å²) in [5.41, 5.74) is 0. The standard InChI is InChI=1S/C11H19ClN4O2S/c1-4-16(3)6-5-15-19(17,18)9-7-10(12)11(13-2)14-8-9/h7-8,15H,4-6H2,1-3H3,(H,13,14). The molecule has 0 radical (unpaired) electrons. The summed E-state index contributed by atoms with van der Waals surface area (Å²) >= 11 is 5.92. The lowest BCUT2D eigenvalue weighted by molar-refractivity contribution is 0.358. The normalized spacial score (nSPS) is 11.8. The molecule has 0 aromatic carbocycles. The minimum atomic E-state index is -3.56. The second-order valence-electron chi connectivity index (χ2n) is 4.05. The molecule has 0 aliphatic rings. The number of halogens is 1. The minimum Gasteiger partial charge on any atom is -0.372 e. The third-order valence-corrected chi connectivity index (χ3v) is 4.40. The first-order valence-electron chi connectivity index (χ1n) is 5.92. The maximum absolute atomic E-state index is 12.0. The molecule has 1 aromatic rings. The fourth-order valence-corrected chi connectivity index (χ4v) is 2.68. The SMILES string of the molecule is CCN(C)CCNS(=O)(=O)c1cnc(NC)c(Cl)c1. The van der Waals surface area contributed by atoms with Crippen molar-refractivity contribution in [2.24, 2.45) is 0 Å². The van der Waals surface area contributed by atoms with Crippen molar-refractivity contribution in [3.8, 4) is 0 Å². The summed E-state index contributed by atoms with van der Waals surface area (Å²) in [6.07, 6.45) is 1.28. The number of hydrogen-bond donors (Lipinski definition) is 2. The summed E-state index contributed by atoms with van der Waals surface area (Å²) in [5, 5.41) is 3.05. The van der Waals surface area contributed by atoms with Gasteiger partial charge in [-0.3, -0.25) is 0 Å². The molecule has 1 aromatic heterocycles. The lowest BCUT2D eigenvalue weighted by Crippen LogP contribution is -2.33. The maximum Gasteiger partial charge on any atom is 0.242 e. The van der Waals surface area contributed by atoms with Gasteiger partial charge in [-0.2, -0.15) is 0 Å². The van der Waals surface area contributed by atoms with Crippen LogP contribution in [0.15, 0.2) is 17.2 Å². The van der Waals surface area contributed by atoms with Gasteiger partial charge in [0.25, 0.3) is 0 Å². The summed E-state index contributed by atoms with van der Waals surface area (Å²) in [6, 6.07) is 1.38. The zero-order valence-corrected chi connectivity index (χ0v) is 12.8. The summed E-state index contributed by atoms with van der Waals surface area (Å²) in [7, 11) is 0.0299. The van der Waals surface area contributed by atoms with E-state index in [9.17, 15) is 8.42 Å². The van der Waals surface area contributed by atoms with Gasteiger partial charge < -0.3 is 10.2 Å². The highest BCUT2D eigenvalue weighted by atomic mass is 35.5. The highest BCUT2D eigenvalue weighted by molar-refractivity contribution is 7.89. The molecule has 1 heterocycles. The van der Waals surface area contributed by atoms with Crippen LogP contribution in [-0.2, 0) is 10.0 Å². The molecule has 19 heavy (non-hydrogen) atoms. The molecule has 0 fully saturated rings. The van der Waals surface area contributed by atoms with Gasteiger partial charge in [-0.25, -0.2) is 18.1 Å². The fraction of sp³-hybridized carbons (Fsp3) is 0.545. The molecule has 8 heteroatoms. The van der Waals surface area contributed by atoms with Gasteiger partial charge in [-0.05, 0) is 19.7 Å². The average Bonchev–Trinajstić information content (AvgIpc) is 2.38. The molecular formula is C11H19ClN4O2S. The summed E-state index contributed by atoms with van der Waals surface area (Å²) in [5.74, 6) is 0.450. The van der Waals surface area contributed by atoms with Gasteiger partial charge in [0.1, 0.15) is 10.7 Å². The lowest BCUT2D eigenvalue weighted by Gasteiger charge is -2.14. The van der Waals surface area contributed by atoms with Crippen molar-refractivity contribution in [3.05, 3.63) is 17.3 Å². The lowest BCUT2D eigenvalue weighted by atomic mass is 10.4. The first-order chi connectivity index (χ1) is 8.90. The van der Waals surface area contributed by atoms with E-state index in [2.05, 4.69) is 15.0 Å². The van der Waals surface area contributed by atoms with E-state index in [-0.39, 0.29) is 9.92 Å². The number of nitrogens with one attached hydrogen (secondary N) is 2. The van der Waals surface area contributed by atoms with E-state index in [1.165, 1.54) is 12.3 Å². The van der Waals surface area contributed by atoms with Gasteiger partial charge in [-0.1, -0.05) is 18.5 Å².